The second kappa shape index (κ2) is 8.57. The Hall–Kier alpha value is -3.03. The molecule has 1 amide bonds. The summed E-state index contributed by atoms with van der Waals surface area (Å²) >= 11 is 0. The quantitative estimate of drug-likeness (QED) is 0.418. The molecular weight excluding hydrogens is 346 g/mol. The summed E-state index contributed by atoms with van der Waals surface area (Å²) in [5, 5.41) is 12.6. The second-order valence-corrected chi connectivity index (χ2v) is 6.38. The van der Waals surface area contributed by atoms with E-state index >= 15 is 0 Å². The van der Waals surface area contributed by atoms with Gasteiger partial charge in [-0.2, -0.15) is 0 Å². The number of nitrogens with zero attached hydrogens (tertiary/aromatic N) is 1. The van der Waals surface area contributed by atoms with Gasteiger partial charge in [0.1, 0.15) is 17.9 Å². The second-order valence-electron chi connectivity index (χ2n) is 6.38. The molecule has 0 atom stereocenters. The molecule has 142 valence electrons. The standard InChI is InChI=1S/C20H23N3O4/c1-23(2)13-17-16-5-3-4-6-18(16)27-19(17)20(24)21-11-12-26-15-9-7-14(22-25)8-10-15/h3-10,22,25H,11-13H2,1-2H3,(H,21,24). The van der Waals surface area contributed by atoms with Crippen LogP contribution in [0.3, 0.4) is 0 Å². The third-order valence-electron chi connectivity index (χ3n) is 4.02. The predicted octanol–water partition coefficient (Wildman–Crippen LogP) is 3.10. The summed E-state index contributed by atoms with van der Waals surface area (Å²) in [6.07, 6.45) is 0. The zero-order valence-electron chi connectivity index (χ0n) is 15.4. The Morgan fingerprint density at radius 1 is 1.15 bits per heavy atom. The van der Waals surface area contributed by atoms with Crippen LogP contribution in [0, 0.1) is 0 Å². The number of benzene rings is 2. The number of amides is 1. The van der Waals surface area contributed by atoms with Gasteiger partial charge < -0.3 is 19.4 Å². The van der Waals surface area contributed by atoms with E-state index in [4.69, 9.17) is 14.4 Å². The van der Waals surface area contributed by atoms with Gasteiger partial charge >= 0.3 is 0 Å². The van der Waals surface area contributed by atoms with E-state index in [9.17, 15) is 4.79 Å². The first kappa shape index (κ1) is 18.8. The summed E-state index contributed by atoms with van der Waals surface area (Å²) in [7, 11) is 3.91. The third-order valence-corrected chi connectivity index (χ3v) is 4.02. The van der Waals surface area contributed by atoms with E-state index in [-0.39, 0.29) is 5.91 Å². The van der Waals surface area contributed by atoms with Gasteiger partial charge in [-0.1, -0.05) is 18.2 Å². The largest absolute Gasteiger partial charge is 0.492 e. The molecule has 0 fully saturated rings. The number of furan rings is 1. The number of fused-ring (bicyclic) bond motifs is 1. The van der Waals surface area contributed by atoms with Crippen molar-refractivity contribution in [3.8, 4) is 5.75 Å². The minimum Gasteiger partial charge on any atom is -0.492 e. The molecule has 0 aliphatic rings. The van der Waals surface area contributed by atoms with Gasteiger partial charge in [0.25, 0.3) is 5.91 Å². The van der Waals surface area contributed by atoms with E-state index in [2.05, 4.69) is 10.8 Å². The Balaban J connectivity index is 1.62. The van der Waals surface area contributed by atoms with E-state index in [1.807, 2.05) is 43.3 Å². The van der Waals surface area contributed by atoms with Gasteiger partial charge in [-0.25, -0.2) is 0 Å². The van der Waals surface area contributed by atoms with Crippen molar-refractivity contribution in [2.24, 2.45) is 0 Å². The van der Waals surface area contributed by atoms with E-state index in [0.717, 1.165) is 10.9 Å². The lowest BCUT2D eigenvalue weighted by molar-refractivity contribution is 0.0919. The van der Waals surface area contributed by atoms with Crippen LogP contribution in [0.2, 0.25) is 0 Å². The van der Waals surface area contributed by atoms with Crippen LogP contribution >= 0.6 is 0 Å². The third kappa shape index (κ3) is 4.58. The zero-order valence-corrected chi connectivity index (χ0v) is 15.4. The van der Waals surface area contributed by atoms with Crippen LogP contribution in [0.25, 0.3) is 11.0 Å². The number of ether oxygens (including phenoxy) is 1. The number of para-hydroxylation sites is 1. The number of carbonyl (C=O) groups is 1. The fourth-order valence-electron chi connectivity index (χ4n) is 2.79. The van der Waals surface area contributed by atoms with Crippen molar-refractivity contribution in [2.45, 2.75) is 6.54 Å². The molecule has 1 aromatic heterocycles. The maximum Gasteiger partial charge on any atom is 0.287 e. The molecule has 2 aromatic carbocycles. The van der Waals surface area contributed by atoms with Gasteiger partial charge in [0.2, 0.25) is 0 Å². The number of rotatable bonds is 8. The van der Waals surface area contributed by atoms with Crippen molar-refractivity contribution >= 4 is 22.6 Å². The molecule has 0 aliphatic heterocycles. The first-order chi connectivity index (χ1) is 13.1. The number of carbonyl (C=O) groups excluding carboxylic acids is 1. The normalized spacial score (nSPS) is 11.0. The highest BCUT2D eigenvalue weighted by atomic mass is 16.5. The number of hydrogen-bond acceptors (Lipinski definition) is 6. The molecule has 0 unspecified atom stereocenters. The molecule has 0 saturated heterocycles. The average Bonchev–Trinajstić information content (AvgIpc) is 3.03. The molecule has 7 heteroatoms. The first-order valence-corrected chi connectivity index (χ1v) is 8.65. The molecule has 27 heavy (non-hydrogen) atoms. The van der Waals surface area contributed by atoms with Crippen molar-refractivity contribution in [1.82, 2.24) is 10.2 Å². The Morgan fingerprint density at radius 2 is 1.89 bits per heavy atom. The lowest BCUT2D eigenvalue weighted by Crippen LogP contribution is -2.29. The minimum absolute atomic E-state index is 0.258. The summed E-state index contributed by atoms with van der Waals surface area (Å²) in [5.74, 6) is 0.732. The fraction of sp³-hybridized carbons (Fsp3) is 0.250. The Bertz CT molecular complexity index is 903. The van der Waals surface area contributed by atoms with Gasteiger partial charge in [0, 0.05) is 17.5 Å². The van der Waals surface area contributed by atoms with Crippen molar-refractivity contribution < 1.29 is 19.2 Å². The zero-order chi connectivity index (χ0) is 19.2. The van der Waals surface area contributed by atoms with Gasteiger partial charge in [-0.05, 0) is 44.4 Å². The molecule has 0 spiro atoms. The van der Waals surface area contributed by atoms with Crippen LogP contribution in [0.5, 0.6) is 5.75 Å². The van der Waals surface area contributed by atoms with Crippen molar-refractivity contribution in [2.75, 3.05) is 32.7 Å². The van der Waals surface area contributed by atoms with Crippen molar-refractivity contribution in [1.29, 1.82) is 0 Å². The predicted molar refractivity (Wildman–Crippen MR) is 103 cm³/mol. The lowest BCUT2D eigenvalue weighted by Gasteiger charge is -2.11. The minimum atomic E-state index is -0.258. The fourth-order valence-corrected chi connectivity index (χ4v) is 2.79. The summed E-state index contributed by atoms with van der Waals surface area (Å²) < 4.78 is 11.4. The summed E-state index contributed by atoms with van der Waals surface area (Å²) in [6, 6.07) is 14.5. The highest BCUT2D eigenvalue weighted by molar-refractivity contribution is 5.99. The van der Waals surface area contributed by atoms with Gasteiger partial charge in [-0.3, -0.25) is 15.5 Å². The Labute approximate surface area is 157 Å². The maximum absolute atomic E-state index is 12.6. The maximum atomic E-state index is 12.6. The number of hydrogen-bond donors (Lipinski definition) is 3. The van der Waals surface area contributed by atoms with Gasteiger partial charge in [0.15, 0.2) is 5.76 Å². The molecule has 7 nitrogen and oxygen atoms in total. The molecule has 0 saturated carbocycles. The lowest BCUT2D eigenvalue weighted by atomic mass is 10.1. The van der Waals surface area contributed by atoms with Crippen LogP contribution in [-0.2, 0) is 6.54 Å². The van der Waals surface area contributed by atoms with Crippen LogP contribution in [0.4, 0.5) is 5.69 Å². The molecule has 0 radical (unpaired) electrons. The average molecular weight is 369 g/mol. The van der Waals surface area contributed by atoms with E-state index in [0.29, 0.717) is 42.5 Å². The van der Waals surface area contributed by atoms with Crippen molar-refractivity contribution in [3.05, 3.63) is 59.9 Å². The monoisotopic (exact) mass is 369 g/mol. The van der Waals surface area contributed by atoms with E-state index in [1.165, 1.54) is 0 Å². The van der Waals surface area contributed by atoms with Crippen molar-refractivity contribution in [3.63, 3.8) is 0 Å². The molecule has 3 rings (SSSR count). The van der Waals surface area contributed by atoms with Crippen LogP contribution in [0.15, 0.2) is 52.9 Å². The van der Waals surface area contributed by atoms with Crippen LogP contribution < -0.4 is 15.5 Å². The number of anilines is 1. The topological polar surface area (TPSA) is 87.0 Å². The Kier molecular flexibility index (Phi) is 5.95. The summed E-state index contributed by atoms with van der Waals surface area (Å²) in [4.78, 5) is 14.6. The van der Waals surface area contributed by atoms with E-state index in [1.54, 1.807) is 24.3 Å². The molecule has 0 bridgehead atoms. The molecule has 1 heterocycles. The summed E-state index contributed by atoms with van der Waals surface area (Å²) in [5.41, 5.74) is 4.21. The molecular formula is C20H23N3O4. The molecule has 3 N–H and O–H groups in total. The highest BCUT2D eigenvalue weighted by Gasteiger charge is 2.20. The molecule has 3 aromatic rings. The SMILES string of the molecule is CN(C)Cc1c(C(=O)NCCOc2ccc(NO)cc2)oc2ccccc12. The van der Waals surface area contributed by atoms with Gasteiger partial charge in [-0.15, -0.1) is 0 Å². The van der Waals surface area contributed by atoms with Crippen LogP contribution in [0.1, 0.15) is 16.1 Å². The Morgan fingerprint density at radius 3 is 2.59 bits per heavy atom. The highest BCUT2D eigenvalue weighted by Crippen LogP contribution is 2.26. The van der Waals surface area contributed by atoms with Crippen LogP contribution in [-0.4, -0.2) is 43.3 Å². The van der Waals surface area contributed by atoms with E-state index < -0.39 is 0 Å². The summed E-state index contributed by atoms with van der Waals surface area (Å²) in [6.45, 7) is 1.28. The number of nitrogens with one attached hydrogen (secondary N) is 2. The van der Waals surface area contributed by atoms with Gasteiger partial charge in [0.05, 0.1) is 12.2 Å². The first-order valence-electron chi connectivity index (χ1n) is 8.65. The molecule has 0 aliphatic carbocycles. The smallest absolute Gasteiger partial charge is 0.287 e.